The molecule has 2 rings (SSSR count). The van der Waals surface area contributed by atoms with Crippen LogP contribution in [0.2, 0.25) is 0 Å². The number of rotatable bonds is 8. The highest BCUT2D eigenvalue weighted by Gasteiger charge is 2.46. The molecule has 1 N–H and O–H groups in total. The molecule has 1 aliphatic carbocycles. The van der Waals surface area contributed by atoms with Crippen LogP contribution in [-0.4, -0.2) is 48.6 Å². The van der Waals surface area contributed by atoms with Gasteiger partial charge in [0.1, 0.15) is 12.1 Å². The van der Waals surface area contributed by atoms with Gasteiger partial charge < -0.3 is 15.0 Å². The van der Waals surface area contributed by atoms with Gasteiger partial charge in [-0.15, -0.1) is 0 Å². The van der Waals surface area contributed by atoms with Crippen molar-refractivity contribution in [2.75, 3.05) is 19.8 Å². The van der Waals surface area contributed by atoms with Crippen LogP contribution in [0.1, 0.15) is 46.5 Å². The second-order valence-electron chi connectivity index (χ2n) is 6.63. The predicted molar refractivity (Wildman–Crippen MR) is 80.7 cm³/mol. The fourth-order valence-corrected chi connectivity index (χ4v) is 2.84. The van der Waals surface area contributed by atoms with Gasteiger partial charge in [0, 0.05) is 13.2 Å². The normalized spacial score (nSPS) is 26.4. The average Bonchev–Trinajstić information content (AvgIpc) is 3.25. The van der Waals surface area contributed by atoms with Gasteiger partial charge in [0.15, 0.2) is 0 Å². The third-order valence-electron chi connectivity index (χ3n) is 4.11. The number of carbonyl (C=O) groups is 2. The molecule has 21 heavy (non-hydrogen) atoms. The molecule has 1 heterocycles. The van der Waals surface area contributed by atoms with E-state index in [9.17, 15) is 9.59 Å². The first-order chi connectivity index (χ1) is 10.0. The molecule has 2 unspecified atom stereocenters. The Kier molecular flexibility index (Phi) is 5.62. The number of amides is 2. The first-order valence-electron chi connectivity index (χ1n) is 8.23. The highest BCUT2D eigenvalue weighted by Crippen LogP contribution is 2.35. The van der Waals surface area contributed by atoms with Gasteiger partial charge in [-0.05, 0) is 31.1 Å². The summed E-state index contributed by atoms with van der Waals surface area (Å²) < 4.78 is 5.59. The average molecular weight is 296 g/mol. The van der Waals surface area contributed by atoms with Gasteiger partial charge in [0.2, 0.25) is 11.8 Å². The predicted octanol–water partition coefficient (Wildman–Crippen LogP) is 1.56. The van der Waals surface area contributed by atoms with Crippen LogP contribution in [0.5, 0.6) is 0 Å². The van der Waals surface area contributed by atoms with Crippen molar-refractivity contribution in [2.45, 2.75) is 58.5 Å². The van der Waals surface area contributed by atoms with Gasteiger partial charge in [0.05, 0.1) is 6.61 Å². The van der Waals surface area contributed by atoms with Gasteiger partial charge >= 0.3 is 0 Å². The van der Waals surface area contributed by atoms with Crippen LogP contribution in [-0.2, 0) is 14.3 Å². The van der Waals surface area contributed by atoms with Crippen LogP contribution >= 0.6 is 0 Å². The van der Waals surface area contributed by atoms with Gasteiger partial charge in [-0.3, -0.25) is 9.59 Å². The Bertz CT molecular complexity index is 380. The zero-order valence-electron chi connectivity index (χ0n) is 13.4. The fraction of sp³-hybridized carbons (Fsp3) is 0.875. The summed E-state index contributed by atoms with van der Waals surface area (Å²) in [6, 6.07) is -0.615. The Morgan fingerprint density at radius 2 is 2.05 bits per heavy atom. The van der Waals surface area contributed by atoms with Crippen molar-refractivity contribution in [1.82, 2.24) is 10.2 Å². The van der Waals surface area contributed by atoms with E-state index < -0.39 is 0 Å². The fourth-order valence-electron chi connectivity index (χ4n) is 2.84. The number of nitrogens with one attached hydrogen (secondary N) is 1. The summed E-state index contributed by atoms with van der Waals surface area (Å²) in [5.41, 5.74) is 0. The first kappa shape index (κ1) is 16.3. The molecular weight excluding hydrogens is 268 g/mol. The Labute approximate surface area is 127 Å². The highest BCUT2D eigenvalue weighted by molar-refractivity contribution is 5.97. The van der Waals surface area contributed by atoms with Crippen LogP contribution in [0.25, 0.3) is 0 Å². The van der Waals surface area contributed by atoms with Crippen LogP contribution in [0.3, 0.4) is 0 Å². The van der Waals surface area contributed by atoms with E-state index >= 15 is 0 Å². The van der Waals surface area contributed by atoms with E-state index in [-0.39, 0.29) is 23.9 Å². The van der Waals surface area contributed by atoms with Crippen LogP contribution in [0, 0.1) is 11.8 Å². The number of hydrogen-bond donors (Lipinski definition) is 1. The molecule has 0 aromatic rings. The summed E-state index contributed by atoms with van der Waals surface area (Å²) in [6.45, 7) is 7.96. The van der Waals surface area contributed by atoms with Gasteiger partial charge in [-0.1, -0.05) is 27.2 Å². The van der Waals surface area contributed by atoms with Crippen molar-refractivity contribution in [1.29, 1.82) is 0 Å². The molecule has 5 nitrogen and oxygen atoms in total. The van der Waals surface area contributed by atoms with Gasteiger partial charge in [-0.25, -0.2) is 0 Å². The lowest BCUT2D eigenvalue weighted by Gasteiger charge is -2.39. The van der Waals surface area contributed by atoms with Crippen molar-refractivity contribution in [3.05, 3.63) is 0 Å². The molecular formula is C16H28N2O3. The molecule has 1 saturated heterocycles. The minimum atomic E-state index is -0.319. The maximum Gasteiger partial charge on any atom is 0.246 e. The zero-order chi connectivity index (χ0) is 15.4. The van der Waals surface area contributed by atoms with E-state index in [4.69, 9.17) is 4.74 Å². The minimum Gasteiger partial charge on any atom is -0.379 e. The maximum absolute atomic E-state index is 12.6. The molecule has 2 aliphatic rings. The topological polar surface area (TPSA) is 58.6 Å². The molecule has 1 aliphatic heterocycles. The standard InChI is InChI=1S/C16H28N2O3/c1-4-5-13-15(19)17-14(12-6-7-12)16(20)18(13)8-9-21-10-11(2)3/h11-14H,4-10H2,1-3H3,(H,17,19). The number of nitrogens with zero attached hydrogens (tertiary/aromatic N) is 1. The van der Waals surface area contributed by atoms with Crippen molar-refractivity contribution < 1.29 is 14.3 Å². The second-order valence-corrected chi connectivity index (χ2v) is 6.63. The Morgan fingerprint density at radius 3 is 2.62 bits per heavy atom. The zero-order valence-corrected chi connectivity index (χ0v) is 13.4. The summed E-state index contributed by atoms with van der Waals surface area (Å²) in [4.78, 5) is 26.7. The minimum absolute atomic E-state index is 0.0113. The molecule has 1 saturated carbocycles. The highest BCUT2D eigenvalue weighted by atomic mass is 16.5. The number of carbonyl (C=O) groups excluding carboxylic acids is 2. The first-order valence-corrected chi connectivity index (χ1v) is 8.23. The SMILES string of the molecule is CCCC1C(=O)NC(C2CC2)C(=O)N1CCOCC(C)C. The largest absolute Gasteiger partial charge is 0.379 e. The molecule has 0 radical (unpaired) electrons. The molecule has 2 amide bonds. The lowest BCUT2D eigenvalue weighted by atomic mass is 10.0. The molecule has 0 aromatic carbocycles. The van der Waals surface area contributed by atoms with Crippen LogP contribution < -0.4 is 5.32 Å². The number of hydrogen-bond acceptors (Lipinski definition) is 3. The molecule has 0 aromatic heterocycles. The van der Waals surface area contributed by atoms with E-state index in [0.29, 0.717) is 31.6 Å². The molecule has 0 spiro atoms. The van der Waals surface area contributed by atoms with Crippen molar-refractivity contribution in [3.8, 4) is 0 Å². The van der Waals surface area contributed by atoms with Crippen LogP contribution in [0.4, 0.5) is 0 Å². The quantitative estimate of drug-likeness (QED) is 0.692. The van der Waals surface area contributed by atoms with E-state index in [2.05, 4.69) is 19.2 Å². The van der Waals surface area contributed by atoms with E-state index in [1.54, 1.807) is 4.90 Å². The third kappa shape index (κ3) is 4.19. The van der Waals surface area contributed by atoms with E-state index in [0.717, 1.165) is 25.7 Å². The smallest absolute Gasteiger partial charge is 0.246 e. The maximum atomic E-state index is 12.6. The van der Waals surface area contributed by atoms with E-state index in [1.165, 1.54) is 0 Å². The summed E-state index contributed by atoms with van der Waals surface area (Å²) in [6.07, 6.45) is 3.71. The second kappa shape index (κ2) is 7.25. The Morgan fingerprint density at radius 1 is 1.33 bits per heavy atom. The summed E-state index contributed by atoms with van der Waals surface area (Å²) in [5, 5.41) is 2.93. The third-order valence-corrected chi connectivity index (χ3v) is 4.11. The van der Waals surface area contributed by atoms with Crippen molar-refractivity contribution in [2.24, 2.45) is 11.8 Å². The van der Waals surface area contributed by atoms with E-state index in [1.807, 2.05) is 6.92 Å². The summed E-state index contributed by atoms with van der Waals surface area (Å²) in [5.74, 6) is 0.931. The lowest BCUT2D eigenvalue weighted by Crippen LogP contribution is -2.64. The molecule has 2 atom stereocenters. The van der Waals surface area contributed by atoms with Crippen molar-refractivity contribution >= 4 is 11.8 Å². The monoisotopic (exact) mass is 296 g/mol. The Hall–Kier alpha value is -1.10. The lowest BCUT2D eigenvalue weighted by molar-refractivity contribution is -0.151. The summed E-state index contributed by atoms with van der Waals surface area (Å²) >= 11 is 0. The molecule has 5 heteroatoms. The van der Waals surface area contributed by atoms with Crippen molar-refractivity contribution in [3.63, 3.8) is 0 Å². The molecule has 120 valence electrons. The number of piperazine rings is 1. The number of ether oxygens (including phenoxy) is 1. The Balaban J connectivity index is 1.96. The van der Waals surface area contributed by atoms with Gasteiger partial charge in [-0.2, -0.15) is 0 Å². The van der Waals surface area contributed by atoms with Gasteiger partial charge in [0.25, 0.3) is 0 Å². The molecule has 2 fully saturated rings. The molecule has 0 bridgehead atoms. The van der Waals surface area contributed by atoms with Crippen LogP contribution in [0.15, 0.2) is 0 Å². The summed E-state index contributed by atoms with van der Waals surface area (Å²) in [7, 11) is 0.